The topological polar surface area (TPSA) is 140 Å². The lowest BCUT2D eigenvalue weighted by atomic mass is 9.93. The maximum absolute atomic E-state index is 11.8. The highest BCUT2D eigenvalue weighted by Gasteiger charge is 2.56. The molecule has 5 atom stereocenters. The van der Waals surface area contributed by atoms with E-state index in [0.29, 0.717) is 23.3 Å². The lowest BCUT2D eigenvalue weighted by Crippen LogP contribution is -2.48. The summed E-state index contributed by atoms with van der Waals surface area (Å²) in [7, 11) is 0. The second kappa shape index (κ2) is 10.5. The summed E-state index contributed by atoms with van der Waals surface area (Å²) in [6.07, 6.45) is 2.48. The van der Waals surface area contributed by atoms with Crippen LogP contribution < -0.4 is 0 Å². The van der Waals surface area contributed by atoms with Crippen LogP contribution in [0, 0.1) is 18.3 Å². The third-order valence-corrected chi connectivity index (χ3v) is 6.25. The van der Waals surface area contributed by atoms with Crippen molar-refractivity contribution in [2.24, 2.45) is 5.92 Å². The van der Waals surface area contributed by atoms with Gasteiger partial charge in [0.2, 0.25) is 5.28 Å². The van der Waals surface area contributed by atoms with E-state index in [1.165, 1.54) is 10.9 Å². The van der Waals surface area contributed by atoms with Crippen LogP contribution in [0.15, 0.2) is 36.7 Å². The minimum Gasteiger partial charge on any atom is -0.479 e. The summed E-state index contributed by atoms with van der Waals surface area (Å²) in [5.74, 6) is 1.30. The van der Waals surface area contributed by atoms with Crippen molar-refractivity contribution in [2.45, 2.75) is 56.8 Å². The molecule has 190 valence electrons. The van der Waals surface area contributed by atoms with Gasteiger partial charge in [-0.05, 0) is 29.5 Å². The van der Waals surface area contributed by atoms with Crippen LogP contribution in [-0.2, 0) is 27.1 Å². The number of carbonyl (C=O) groups is 1. The number of carboxylic acid groups (broad SMARTS) is 1. The molecule has 1 aliphatic rings. The van der Waals surface area contributed by atoms with Crippen molar-refractivity contribution in [2.75, 3.05) is 6.61 Å². The lowest BCUT2D eigenvalue weighted by molar-refractivity contribution is -0.156. The van der Waals surface area contributed by atoms with E-state index in [-0.39, 0.29) is 24.2 Å². The first-order chi connectivity index (χ1) is 17.1. The maximum Gasteiger partial charge on any atom is 0.333 e. The highest BCUT2D eigenvalue weighted by atomic mass is 35.5. The van der Waals surface area contributed by atoms with Gasteiger partial charge < -0.3 is 24.8 Å². The van der Waals surface area contributed by atoms with Gasteiger partial charge in [-0.1, -0.05) is 50.1 Å². The molecule has 0 radical (unpaired) electrons. The number of rotatable bonds is 9. The molecule has 10 nitrogen and oxygen atoms in total. The number of hydrogen-bond donors (Lipinski definition) is 3. The van der Waals surface area contributed by atoms with Crippen molar-refractivity contribution in [3.8, 4) is 12.3 Å². The van der Waals surface area contributed by atoms with Crippen LogP contribution in [0.4, 0.5) is 0 Å². The van der Waals surface area contributed by atoms with E-state index in [1.807, 2.05) is 19.9 Å². The maximum atomic E-state index is 11.8. The predicted octanol–water partition coefficient (Wildman–Crippen LogP) is 2.01. The van der Waals surface area contributed by atoms with E-state index >= 15 is 0 Å². The van der Waals surface area contributed by atoms with Gasteiger partial charge in [0.1, 0.15) is 17.7 Å². The summed E-state index contributed by atoms with van der Waals surface area (Å²) >= 11 is 6.15. The monoisotopic (exact) mass is 514 g/mol. The lowest BCUT2D eigenvalue weighted by Gasteiger charge is -2.26. The number of halogens is 1. The molecule has 0 saturated carbocycles. The summed E-state index contributed by atoms with van der Waals surface area (Å²) in [5, 5.41) is 31.7. The van der Waals surface area contributed by atoms with Crippen LogP contribution in [0.5, 0.6) is 0 Å². The number of aliphatic hydroxyl groups is 2. The molecule has 2 aromatic heterocycles. The molecule has 1 unspecified atom stereocenters. The first-order valence-electron chi connectivity index (χ1n) is 11.4. The van der Waals surface area contributed by atoms with Gasteiger partial charge in [0.15, 0.2) is 23.6 Å². The average molecular weight is 515 g/mol. The standard InChI is InChI=1S/C25H27ClN4O6/c1-4-25(34)18(12-35-17(23(32)33)11-15-8-6-5-7-9-15)36-22(20(25)31)30-13-27-19-16(10-14(2)3)28-24(26)29-21(19)30/h1,5-9,13-14,17-18,20,22,31,34H,10-12H2,2-3H3,(H,32,33)/t17?,18-,20+,22-,25-/m1/s1. The van der Waals surface area contributed by atoms with Gasteiger partial charge in [0, 0.05) is 6.42 Å². The van der Waals surface area contributed by atoms with Crippen LogP contribution in [-0.4, -0.2) is 71.3 Å². The smallest absolute Gasteiger partial charge is 0.333 e. The van der Waals surface area contributed by atoms with E-state index in [9.17, 15) is 20.1 Å². The van der Waals surface area contributed by atoms with E-state index in [2.05, 4.69) is 20.9 Å². The predicted molar refractivity (Wildman–Crippen MR) is 130 cm³/mol. The van der Waals surface area contributed by atoms with Gasteiger partial charge in [-0.15, -0.1) is 6.42 Å². The molecule has 1 fully saturated rings. The van der Waals surface area contributed by atoms with Gasteiger partial charge in [-0.3, -0.25) is 4.57 Å². The van der Waals surface area contributed by atoms with Crippen molar-refractivity contribution >= 4 is 28.7 Å². The number of hydrogen-bond acceptors (Lipinski definition) is 8. The molecule has 1 aliphatic heterocycles. The largest absolute Gasteiger partial charge is 0.479 e. The molecule has 1 aromatic carbocycles. The van der Waals surface area contributed by atoms with Crippen LogP contribution in [0.25, 0.3) is 11.2 Å². The zero-order valence-corrected chi connectivity index (χ0v) is 20.5. The average Bonchev–Trinajstić information content (AvgIpc) is 3.36. The molecular formula is C25H27ClN4O6. The van der Waals surface area contributed by atoms with Crippen molar-refractivity contribution in [1.82, 2.24) is 19.5 Å². The molecule has 3 N–H and O–H groups in total. The fourth-order valence-electron chi connectivity index (χ4n) is 4.23. The molecule has 4 rings (SSSR count). The van der Waals surface area contributed by atoms with E-state index in [0.717, 1.165) is 5.56 Å². The van der Waals surface area contributed by atoms with Crippen molar-refractivity contribution in [3.05, 3.63) is 53.2 Å². The fraction of sp³-hybridized carbons (Fsp3) is 0.440. The Hall–Kier alpha value is -3.07. The first kappa shape index (κ1) is 26.0. The highest BCUT2D eigenvalue weighted by Crippen LogP contribution is 2.39. The van der Waals surface area contributed by atoms with Crippen LogP contribution in [0.1, 0.15) is 31.3 Å². The SMILES string of the molecule is C#C[C@@]1(O)[C@@H](COC(Cc2ccccc2)C(=O)O)O[C@@H](n2cnc3c(CC(C)C)nc(Cl)nc32)[C@@H]1O. The number of aromatic nitrogens is 4. The number of imidazole rings is 1. The summed E-state index contributed by atoms with van der Waals surface area (Å²) in [6.45, 7) is 3.68. The molecule has 0 bridgehead atoms. The van der Waals surface area contributed by atoms with Crippen LogP contribution in [0.3, 0.4) is 0 Å². The molecule has 3 aromatic rings. The zero-order valence-electron chi connectivity index (χ0n) is 19.8. The summed E-state index contributed by atoms with van der Waals surface area (Å²) in [4.78, 5) is 24.7. The number of ether oxygens (including phenoxy) is 2. The van der Waals surface area contributed by atoms with E-state index in [1.54, 1.807) is 24.3 Å². The van der Waals surface area contributed by atoms with Gasteiger partial charge in [-0.2, -0.15) is 4.98 Å². The Morgan fingerprint density at radius 2 is 2.03 bits per heavy atom. The Bertz CT molecular complexity index is 1280. The highest BCUT2D eigenvalue weighted by molar-refractivity contribution is 6.28. The molecule has 36 heavy (non-hydrogen) atoms. The fourth-order valence-corrected chi connectivity index (χ4v) is 4.41. The van der Waals surface area contributed by atoms with Gasteiger partial charge in [-0.25, -0.2) is 14.8 Å². The molecule has 3 heterocycles. The molecule has 0 aliphatic carbocycles. The Balaban J connectivity index is 1.59. The number of aliphatic carboxylic acids is 1. The minimum atomic E-state index is -2.16. The van der Waals surface area contributed by atoms with E-state index in [4.69, 9.17) is 27.5 Å². The first-order valence-corrected chi connectivity index (χ1v) is 11.8. The Labute approximate surface area is 212 Å². The molecule has 11 heteroatoms. The van der Waals surface area contributed by atoms with Gasteiger partial charge in [0.05, 0.1) is 18.6 Å². The normalized spacial score (nSPS) is 24.8. The van der Waals surface area contributed by atoms with Crippen molar-refractivity contribution < 1.29 is 29.6 Å². The van der Waals surface area contributed by atoms with E-state index < -0.39 is 36.1 Å². The van der Waals surface area contributed by atoms with Gasteiger partial charge in [0.25, 0.3) is 0 Å². The third kappa shape index (κ3) is 5.07. The number of terminal acetylenes is 1. The Morgan fingerprint density at radius 3 is 2.67 bits per heavy atom. The Kier molecular flexibility index (Phi) is 7.59. The van der Waals surface area contributed by atoms with Gasteiger partial charge >= 0.3 is 5.97 Å². The number of nitrogens with zero attached hydrogens (tertiary/aromatic N) is 4. The number of aliphatic hydroxyl groups excluding tert-OH is 1. The van der Waals surface area contributed by atoms with Crippen molar-refractivity contribution in [1.29, 1.82) is 0 Å². The van der Waals surface area contributed by atoms with Crippen LogP contribution in [0.2, 0.25) is 5.28 Å². The summed E-state index contributed by atoms with van der Waals surface area (Å²) in [6, 6.07) is 8.99. The molecular weight excluding hydrogens is 488 g/mol. The second-order valence-corrected chi connectivity index (χ2v) is 9.48. The molecule has 0 spiro atoms. The van der Waals surface area contributed by atoms with Crippen LogP contribution >= 0.6 is 11.6 Å². The summed E-state index contributed by atoms with van der Waals surface area (Å²) < 4.78 is 13.0. The number of fused-ring (bicyclic) bond motifs is 1. The second-order valence-electron chi connectivity index (χ2n) is 9.14. The quantitative estimate of drug-likeness (QED) is 0.289. The third-order valence-electron chi connectivity index (χ3n) is 6.08. The molecule has 1 saturated heterocycles. The zero-order chi connectivity index (χ0) is 26.0. The minimum absolute atomic E-state index is 0.00435. The summed E-state index contributed by atoms with van der Waals surface area (Å²) in [5.41, 5.74) is 0.0450. The molecule has 0 amide bonds. The number of benzene rings is 1. The Morgan fingerprint density at radius 1 is 1.31 bits per heavy atom. The number of carboxylic acids is 1. The van der Waals surface area contributed by atoms with Crippen molar-refractivity contribution in [3.63, 3.8) is 0 Å².